The first-order valence-corrected chi connectivity index (χ1v) is 6.87. The van der Waals surface area contributed by atoms with Crippen LogP contribution in [-0.2, 0) is 4.79 Å². The minimum atomic E-state index is 0.197. The topological polar surface area (TPSA) is 58.4 Å². The van der Waals surface area contributed by atoms with Crippen molar-refractivity contribution in [2.75, 3.05) is 26.7 Å². The van der Waals surface area contributed by atoms with Crippen molar-refractivity contribution in [3.63, 3.8) is 0 Å². The second kappa shape index (κ2) is 5.83. The number of nitrogens with zero attached hydrogens (tertiary/aromatic N) is 1. The van der Waals surface area contributed by atoms with Crippen LogP contribution in [0.2, 0.25) is 0 Å². The quantitative estimate of drug-likeness (QED) is 0.754. The predicted molar refractivity (Wildman–Crippen MR) is 68.5 cm³/mol. The number of nitrogens with two attached hydrogens (primary N) is 1. The molecule has 4 nitrogen and oxygen atoms in total. The monoisotopic (exact) mass is 239 g/mol. The van der Waals surface area contributed by atoms with Gasteiger partial charge in [-0.3, -0.25) is 4.79 Å². The van der Waals surface area contributed by atoms with Gasteiger partial charge in [0.2, 0.25) is 5.91 Å². The Morgan fingerprint density at radius 2 is 2.00 bits per heavy atom. The molecule has 98 valence electrons. The highest BCUT2D eigenvalue weighted by Crippen LogP contribution is 2.25. The number of hydrogen-bond donors (Lipinski definition) is 2. The molecule has 0 aromatic carbocycles. The number of amides is 1. The van der Waals surface area contributed by atoms with E-state index in [1.165, 1.54) is 25.9 Å². The smallest absolute Gasteiger partial charge is 0.223 e. The maximum Gasteiger partial charge on any atom is 0.223 e. The van der Waals surface area contributed by atoms with Crippen LogP contribution in [0.3, 0.4) is 0 Å². The molecule has 2 rings (SSSR count). The predicted octanol–water partition coefficient (Wildman–Crippen LogP) is 0.572. The van der Waals surface area contributed by atoms with Gasteiger partial charge in [0.1, 0.15) is 0 Å². The molecule has 0 spiro atoms. The van der Waals surface area contributed by atoms with Crippen molar-refractivity contribution in [3.05, 3.63) is 0 Å². The van der Waals surface area contributed by atoms with Gasteiger partial charge in [0.05, 0.1) is 0 Å². The van der Waals surface area contributed by atoms with E-state index in [1.54, 1.807) is 0 Å². The Labute approximate surface area is 104 Å². The normalized spacial score (nSPS) is 30.9. The van der Waals surface area contributed by atoms with Gasteiger partial charge in [0.15, 0.2) is 0 Å². The lowest BCUT2D eigenvalue weighted by Crippen LogP contribution is -2.45. The summed E-state index contributed by atoms with van der Waals surface area (Å²) >= 11 is 0. The molecule has 1 saturated carbocycles. The van der Waals surface area contributed by atoms with Gasteiger partial charge in [-0.2, -0.15) is 0 Å². The van der Waals surface area contributed by atoms with Gasteiger partial charge in [-0.15, -0.1) is 0 Å². The molecule has 4 heteroatoms. The highest BCUT2D eigenvalue weighted by Gasteiger charge is 2.31. The number of likely N-dealkylation sites (tertiary alicyclic amines) is 1. The van der Waals surface area contributed by atoms with Crippen LogP contribution >= 0.6 is 0 Å². The summed E-state index contributed by atoms with van der Waals surface area (Å²) in [5.41, 5.74) is 5.68. The Morgan fingerprint density at radius 1 is 1.35 bits per heavy atom. The molecule has 0 unspecified atom stereocenters. The fourth-order valence-electron chi connectivity index (χ4n) is 2.77. The lowest BCUT2D eigenvalue weighted by Gasteiger charge is -2.32. The minimum absolute atomic E-state index is 0.197. The number of rotatable bonds is 4. The highest BCUT2D eigenvalue weighted by atomic mass is 16.1. The van der Waals surface area contributed by atoms with Crippen LogP contribution in [0.15, 0.2) is 0 Å². The van der Waals surface area contributed by atoms with Gasteiger partial charge >= 0.3 is 0 Å². The van der Waals surface area contributed by atoms with E-state index in [4.69, 9.17) is 5.73 Å². The van der Waals surface area contributed by atoms with E-state index in [-0.39, 0.29) is 17.9 Å². The van der Waals surface area contributed by atoms with Gasteiger partial charge in [-0.25, -0.2) is 0 Å². The zero-order chi connectivity index (χ0) is 12.3. The van der Waals surface area contributed by atoms with E-state index in [0.29, 0.717) is 0 Å². The molecule has 1 amide bonds. The van der Waals surface area contributed by atoms with E-state index in [2.05, 4.69) is 17.3 Å². The Balaban J connectivity index is 1.55. The van der Waals surface area contributed by atoms with Crippen molar-refractivity contribution in [2.45, 2.75) is 38.1 Å². The number of hydrogen-bond acceptors (Lipinski definition) is 3. The Hall–Kier alpha value is -0.610. The molecule has 0 bridgehead atoms. The van der Waals surface area contributed by atoms with E-state index in [1.807, 2.05) is 0 Å². The molecule has 3 N–H and O–H groups in total. The fraction of sp³-hybridized carbons (Fsp3) is 0.923. The first kappa shape index (κ1) is 12.8. The van der Waals surface area contributed by atoms with Gasteiger partial charge in [-0.1, -0.05) is 0 Å². The van der Waals surface area contributed by atoms with E-state index >= 15 is 0 Å². The van der Waals surface area contributed by atoms with E-state index < -0.39 is 0 Å². The third-order valence-corrected chi connectivity index (χ3v) is 4.24. The third-order valence-electron chi connectivity index (χ3n) is 4.24. The van der Waals surface area contributed by atoms with Crippen molar-refractivity contribution in [2.24, 2.45) is 17.6 Å². The molecule has 0 aromatic heterocycles. The molecule has 0 atom stereocenters. The largest absolute Gasteiger partial charge is 0.356 e. The van der Waals surface area contributed by atoms with Gasteiger partial charge < -0.3 is 16.0 Å². The molecule has 17 heavy (non-hydrogen) atoms. The van der Waals surface area contributed by atoms with Crippen molar-refractivity contribution >= 4 is 5.91 Å². The molecular formula is C13H25N3O. The zero-order valence-corrected chi connectivity index (χ0v) is 10.8. The van der Waals surface area contributed by atoms with Gasteiger partial charge in [0, 0.05) is 18.5 Å². The summed E-state index contributed by atoms with van der Waals surface area (Å²) in [5.74, 6) is 1.22. The Kier molecular flexibility index (Phi) is 4.40. The maximum absolute atomic E-state index is 11.7. The standard InChI is InChI=1S/C13H25N3O/c1-16-6-3-10(4-7-16)2-5-15-13(17)11-8-12(14)9-11/h10-12H,2-9,14H2,1H3,(H,15,17). The van der Waals surface area contributed by atoms with Crippen molar-refractivity contribution in [1.29, 1.82) is 0 Å². The van der Waals surface area contributed by atoms with Gasteiger partial charge in [-0.05, 0) is 58.2 Å². The lowest BCUT2D eigenvalue weighted by atomic mass is 9.80. The molecule has 1 aliphatic heterocycles. The molecule has 1 heterocycles. The maximum atomic E-state index is 11.7. The SMILES string of the molecule is CN1CCC(CCNC(=O)C2CC(N)C2)CC1. The summed E-state index contributed by atoms with van der Waals surface area (Å²) in [7, 11) is 2.18. The van der Waals surface area contributed by atoms with Gasteiger partial charge in [0.25, 0.3) is 0 Å². The van der Waals surface area contributed by atoms with E-state index in [9.17, 15) is 4.79 Å². The number of carbonyl (C=O) groups is 1. The lowest BCUT2D eigenvalue weighted by molar-refractivity contribution is -0.127. The van der Waals surface area contributed by atoms with Crippen LogP contribution in [0, 0.1) is 11.8 Å². The second-order valence-corrected chi connectivity index (χ2v) is 5.75. The fourth-order valence-corrected chi connectivity index (χ4v) is 2.77. The second-order valence-electron chi connectivity index (χ2n) is 5.75. The summed E-state index contributed by atoms with van der Waals surface area (Å²) in [6.45, 7) is 3.26. The average Bonchev–Trinajstić information content (AvgIpc) is 2.27. The van der Waals surface area contributed by atoms with Crippen molar-refractivity contribution in [1.82, 2.24) is 10.2 Å². The third kappa shape index (κ3) is 3.68. The Morgan fingerprint density at radius 3 is 2.59 bits per heavy atom. The zero-order valence-electron chi connectivity index (χ0n) is 10.8. The van der Waals surface area contributed by atoms with Crippen LogP contribution in [0.5, 0.6) is 0 Å². The summed E-state index contributed by atoms with van der Waals surface area (Å²) in [6.07, 6.45) is 5.44. The van der Waals surface area contributed by atoms with Crippen LogP contribution < -0.4 is 11.1 Å². The molecule has 0 radical (unpaired) electrons. The van der Waals surface area contributed by atoms with Crippen LogP contribution in [0.4, 0.5) is 0 Å². The molecule has 1 saturated heterocycles. The summed E-state index contributed by atoms with van der Waals surface area (Å²) in [5, 5.41) is 3.06. The summed E-state index contributed by atoms with van der Waals surface area (Å²) in [4.78, 5) is 14.1. The first-order chi connectivity index (χ1) is 8.15. The minimum Gasteiger partial charge on any atom is -0.356 e. The first-order valence-electron chi connectivity index (χ1n) is 6.87. The summed E-state index contributed by atoms with van der Waals surface area (Å²) in [6, 6.07) is 0.264. The van der Waals surface area contributed by atoms with Crippen molar-refractivity contribution < 1.29 is 4.79 Å². The van der Waals surface area contributed by atoms with Crippen LogP contribution in [0.1, 0.15) is 32.1 Å². The highest BCUT2D eigenvalue weighted by molar-refractivity contribution is 5.79. The number of piperidine rings is 1. The molecule has 2 fully saturated rings. The molecule has 0 aromatic rings. The number of nitrogens with one attached hydrogen (secondary N) is 1. The number of carbonyl (C=O) groups excluding carboxylic acids is 1. The molecular weight excluding hydrogens is 214 g/mol. The van der Waals surface area contributed by atoms with Crippen molar-refractivity contribution in [3.8, 4) is 0 Å². The molecule has 1 aliphatic carbocycles. The average molecular weight is 239 g/mol. The Bertz CT molecular complexity index is 255. The van der Waals surface area contributed by atoms with E-state index in [0.717, 1.165) is 31.7 Å². The van der Waals surface area contributed by atoms with Crippen LogP contribution in [0.25, 0.3) is 0 Å². The van der Waals surface area contributed by atoms with Crippen LogP contribution in [-0.4, -0.2) is 43.5 Å². The summed E-state index contributed by atoms with van der Waals surface area (Å²) < 4.78 is 0. The molecule has 2 aliphatic rings.